The smallest absolute Gasteiger partial charge is 0.125 e. The second kappa shape index (κ2) is 5.59. The number of aromatic nitrogens is 3. The Balaban J connectivity index is 1.95. The van der Waals surface area contributed by atoms with Gasteiger partial charge in [0.05, 0.1) is 16.9 Å². The van der Waals surface area contributed by atoms with Crippen LogP contribution in [0.1, 0.15) is 11.5 Å². The van der Waals surface area contributed by atoms with Gasteiger partial charge in [-0.05, 0) is 30.3 Å². The highest BCUT2D eigenvalue weighted by molar-refractivity contribution is 6.16. The first kappa shape index (κ1) is 13.1. The quantitative estimate of drug-likeness (QED) is 0.688. The Morgan fingerprint density at radius 2 is 2.10 bits per heavy atom. The highest BCUT2D eigenvalue weighted by Crippen LogP contribution is 2.19. The number of imidazole rings is 1. The van der Waals surface area contributed by atoms with Gasteiger partial charge in [-0.15, -0.1) is 11.6 Å². The van der Waals surface area contributed by atoms with Crippen LogP contribution in [-0.4, -0.2) is 14.5 Å². The number of fused-ring (bicyclic) bond motifs is 1. The number of alkyl halides is 1. The largest absolute Gasteiger partial charge is 0.326 e. The average Bonchev–Trinajstić information content (AvgIpc) is 2.83. The predicted octanol–water partition coefficient (Wildman–Crippen LogP) is 3.55. The van der Waals surface area contributed by atoms with E-state index in [4.69, 9.17) is 11.6 Å². The number of halogens is 2. The number of hydrogen-bond donors (Lipinski definition) is 0. The van der Waals surface area contributed by atoms with Crippen LogP contribution in [-0.2, 0) is 18.8 Å². The Bertz CT molecular complexity index is 725. The average molecular weight is 290 g/mol. The molecule has 0 aliphatic carbocycles. The van der Waals surface area contributed by atoms with Gasteiger partial charge in [0, 0.05) is 24.9 Å². The number of aryl methyl sites for hydroxylation is 2. The lowest BCUT2D eigenvalue weighted by Crippen LogP contribution is -2.06. The van der Waals surface area contributed by atoms with E-state index in [1.807, 2.05) is 22.8 Å². The van der Waals surface area contributed by atoms with E-state index in [1.54, 1.807) is 12.3 Å². The molecule has 0 saturated heterocycles. The molecule has 1 aromatic carbocycles. The zero-order valence-corrected chi connectivity index (χ0v) is 11.5. The van der Waals surface area contributed by atoms with Gasteiger partial charge >= 0.3 is 0 Å². The van der Waals surface area contributed by atoms with E-state index in [2.05, 4.69) is 9.97 Å². The molecule has 2 heterocycles. The normalized spacial score (nSPS) is 11.1. The second-order valence-corrected chi connectivity index (χ2v) is 4.78. The first-order chi connectivity index (χ1) is 9.78. The summed E-state index contributed by atoms with van der Waals surface area (Å²) in [5.41, 5.74) is 2.53. The molecule has 5 heteroatoms. The molecule has 0 aliphatic rings. The summed E-state index contributed by atoms with van der Waals surface area (Å²) in [4.78, 5) is 8.72. The highest BCUT2D eigenvalue weighted by atomic mass is 35.5. The third-order valence-electron chi connectivity index (χ3n) is 3.23. The van der Waals surface area contributed by atoms with Gasteiger partial charge in [-0.2, -0.15) is 0 Å². The van der Waals surface area contributed by atoms with Gasteiger partial charge in [-0.1, -0.05) is 6.07 Å². The summed E-state index contributed by atoms with van der Waals surface area (Å²) >= 11 is 5.93. The van der Waals surface area contributed by atoms with E-state index in [0.29, 0.717) is 12.4 Å². The summed E-state index contributed by atoms with van der Waals surface area (Å²) in [7, 11) is 0. The summed E-state index contributed by atoms with van der Waals surface area (Å²) in [6.45, 7) is 0.680. The SMILES string of the molecule is Fc1ccc2nc(CCl)n(CCc3ccccn3)c2c1. The van der Waals surface area contributed by atoms with Crippen molar-refractivity contribution in [1.82, 2.24) is 14.5 Å². The molecule has 3 rings (SSSR count). The molecule has 102 valence electrons. The second-order valence-electron chi connectivity index (χ2n) is 4.52. The van der Waals surface area contributed by atoms with Crippen molar-refractivity contribution in [3.63, 3.8) is 0 Å². The molecule has 20 heavy (non-hydrogen) atoms. The molecule has 0 bridgehead atoms. The first-order valence-corrected chi connectivity index (χ1v) is 6.92. The third-order valence-corrected chi connectivity index (χ3v) is 3.47. The zero-order valence-electron chi connectivity index (χ0n) is 10.8. The zero-order chi connectivity index (χ0) is 13.9. The minimum atomic E-state index is -0.266. The Hall–Kier alpha value is -1.94. The summed E-state index contributed by atoms with van der Waals surface area (Å²) in [5.74, 6) is 0.791. The number of hydrogen-bond acceptors (Lipinski definition) is 2. The van der Waals surface area contributed by atoms with Crippen molar-refractivity contribution in [1.29, 1.82) is 0 Å². The van der Waals surface area contributed by atoms with Crippen molar-refractivity contribution in [3.8, 4) is 0 Å². The molecule has 0 spiro atoms. The van der Waals surface area contributed by atoms with Crippen molar-refractivity contribution >= 4 is 22.6 Å². The van der Waals surface area contributed by atoms with Crippen LogP contribution in [0.15, 0.2) is 42.6 Å². The molecule has 0 saturated carbocycles. The van der Waals surface area contributed by atoms with E-state index in [0.717, 1.165) is 29.0 Å². The molecule has 0 amide bonds. The number of nitrogens with zero attached hydrogens (tertiary/aromatic N) is 3. The lowest BCUT2D eigenvalue weighted by Gasteiger charge is -2.07. The van der Waals surface area contributed by atoms with Crippen molar-refractivity contribution in [2.75, 3.05) is 0 Å². The topological polar surface area (TPSA) is 30.7 Å². The fourth-order valence-electron chi connectivity index (χ4n) is 2.27. The summed E-state index contributed by atoms with van der Waals surface area (Å²) in [6, 6.07) is 10.4. The Morgan fingerprint density at radius 1 is 1.20 bits per heavy atom. The van der Waals surface area contributed by atoms with Crippen molar-refractivity contribution in [2.24, 2.45) is 0 Å². The Labute approximate surface area is 121 Å². The van der Waals surface area contributed by atoms with Crippen LogP contribution in [0.3, 0.4) is 0 Å². The minimum Gasteiger partial charge on any atom is -0.326 e. The van der Waals surface area contributed by atoms with E-state index in [9.17, 15) is 4.39 Å². The fourth-order valence-corrected chi connectivity index (χ4v) is 2.47. The third kappa shape index (κ3) is 2.51. The lowest BCUT2D eigenvalue weighted by atomic mass is 10.2. The van der Waals surface area contributed by atoms with Crippen LogP contribution in [0.4, 0.5) is 4.39 Å². The molecule has 0 aliphatic heterocycles. The summed E-state index contributed by atoms with van der Waals surface area (Å²) in [5, 5.41) is 0. The summed E-state index contributed by atoms with van der Waals surface area (Å²) < 4.78 is 15.4. The first-order valence-electron chi connectivity index (χ1n) is 6.38. The molecule has 0 unspecified atom stereocenters. The van der Waals surface area contributed by atoms with Gasteiger partial charge in [0.1, 0.15) is 11.6 Å². The molecule has 3 aromatic rings. The maximum atomic E-state index is 13.4. The number of benzene rings is 1. The fraction of sp³-hybridized carbons (Fsp3) is 0.200. The van der Waals surface area contributed by atoms with Crippen LogP contribution >= 0.6 is 11.6 Å². The van der Waals surface area contributed by atoms with Gasteiger partial charge in [0.25, 0.3) is 0 Å². The van der Waals surface area contributed by atoms with Crippen LogP contribution in [0, 0.1) is 5.82 Å². The molecular weight excluding hydrogens is 277 g/mol. The number of rotatable bonds is 4. The van der Waals surface area contributed by atoms with E-state index in [-0.39, 0.29) is 5.82 Å². The van der Waals surface area contributed by atoms with E-state index >= 15 is 0 Å². The molecule has 0 N–H and O–H groups in total. The number of pyridine rings is 1. The predicted molar refractivity (Wildman–Crippen MR) is 77.2 cm³/mol. The van der Waals surface area contributed by atoms with E-state index in [1.165, 1.54) is 12.1 Å². The molecule has 2 aromatic heterocycles. The van der Waals surface area contributed by atoms with Gasteiger partial charge in [-0.25, -0.2) is 9.37 Å². The maximum Gasteiger partial charge on any atom is 0.125 e. The lowest BCUT2D eigenvalue weighted by molar-refractivity contribution is 0.626. The van der Waals surface area contributed by atoms with Crippen molar-refractivity contribution in [2.45, 2.75) is 18.8 Å². The van der Waals surface area contributed by atoms with Crippen LogP contribution in [0.25, 0.3) is 11.0 Å². The standard InChI is InChI=1S/C15H13ClFN3/c16-10-15-19-13-5-4-11(17)9-14(13)20(15)8-6-12-3-1-2-7-18-12/h1-5,7,9H,6,8,10H2. The monoisotopic (exact) mass is 289 g/mol. The van der Waals surface area contributed by atoms with Crippen LogP contribution in [0.2, 0.25) is 0 Å². The van der Waals surface area contributed by atoms with Crippen molar-refractivity contribution < 1.29 is 4.39 Å². The molecule has 0 fully saturated rings. The van der Waals surface area contributed by atoms with Gasteiger partial charge in [-0.3, -0.25) is 4.98 Å². The minimum absolute atomic E-state index is 0.266. The molecule has 0 radical (unpaired) electrons. The molecule has 3 nitrogen and oxygen atoms in total. The summed E-state index contributed by atoms with van der Waals surface area (Å²) in [6.07, 6.45) is 2.52. The Kier molecular flexibility index (Phi) is 3.65. The van der Waals surface area contributed by atoms with E-state index < -0.39 is 0 Å². The van der Waals surface area contributed by atoms with Crippen molar-refractivity contribution in [3.05, 3.63) is 59.9 Å². The molecular formula is C15H13ClFN3. The van der Waals surface area contributed by atoms with Gasteiger partial charge in [0.15, 0.2) is 0 Å². The molecule has 0 atom stereocenters. The van der Waals surface area contributed by atoms with Gasteiger partial charge < -0.3 is 4.57 Å². The van der Waals surface area contributed by atoms with Crippen LogP contribution < -0.4 is 0 Å². The van der Waals surface area contributed by atoms with Crippen LogP contribution in [0.5, 0.6) is 0 Å². The van der Waals surface area contributed by atoms with Gasteiger partial charge in [0.2, 0.25) is 0 Å². The highest BCUT2D eigenvalue weighted by Gasteiger charge is 2.10. The Morgan fingerprint density at radius 3 is 2.85 bits per heavy atom. The maximum absolute atomic E-state index is 13.4.